The summed E-state index contributed by atoms with van der Waals surface area (Å²) in [4.78, 5) is 4.28. The molecular formula is C21H29N3O3. The SMILES string of the molecule is CCOc1c(OC)cc(CNC(=NC)NCc2ccc(C)cc2)cc1OC. The van der Waals surface area contributed by atoms with Crippen LogP contribution in [0.25, 0.3) is 0 Å². The highest BCUT2D eigenvalue weighted by molar-refractivity contribution is 5.79. The number of ether oxygens (including phenoxy) is 3. The number of aryl methyl sites for hydroxylation is 1. The summed E-state index contributed by atoms with van der Waals surface area (Å²) in [5, 5.41) is 6.62. The average molecular weight is 371 g/mol. The fraction of sp³-hybridized carbons (Fsp3) is 0.381. The maximum Gasteiger partial charge on any atom is 0.203 e. The lowest BCUT2D eigenvalue weighted by Crippen LogP contribution is -2.36. The van der Waals surface area contributed by atoms with Crippen molar-refractivity contribution in [3.05, 3.63) is 53.1 Å². The van der Waals surface area contributed by atoms with E-state index in [1.807, 2.05) is 19.1 Å². The average Bonchev–Trinajstić information content (AvgIpc) is 2.70. The number of nitrogens with zero attached hydrogens (tertiary/aromatic N) is 1. The zero-order chi connectivity index (χ0) is 19.6. The van der Waals surface area contributed by atoms with Crippen molar-refractivity contribution in [2.75, 3.05) is 27.9 Å². The summed E-state index contributed by atoms with van der Waals surface area (Å²) in [7, 11) is 5.00. The molecule has 0 bridgehead atoms. The fourth-order valence-corrected chi connectivity index (χ4v) is 2.62. The first kappa shape index (κ1) is 20.4. The van der Waals surface area contributed by atoms with Gasteiger partial charge in [-0.15, -0.1) is 0 Å². The quantitative estimate of drug-likeness (QED) is 0.551. The molecular weight excluding hydrogens is 342 g/mol. The largest absolute Gasteiger partial charge is 0.493 e. The second kappa shape index (κ2) is 10.3. The lowest BCUT2D eigenvalue weighted by molar-refractivity contribution is 0.288. The Hall–Kier alpha value is -2.89. The topological polar surface area (TPSA) is 64.1 Å². The normalized spacial score (nSPS) is 11.1. The van der Waals surface area contributed by atoms with E-state index in [0.29, 0.717) is 36.9 Å². The first-order valence-electron chi connectivity index (χ1n) is 8.99. The predicted octanol–water partition coefficient (Wildman–Crippen LogP) is 3.28. The Bertz CT molecular complexity index is 733. The van der Waals surface area contributed by atoms with Crippen molar-refractivity contribution < 1.29 is 14.2 Å². The van der Waals surface area contributed by atoms with Crippen LogP contribution in [0.4, 0.5) is 0 Å². The van der Waals surface area contributed by atoms with E-state index in [4.69, 9.17) is 14.2 Å². The molecule has 6 heteroatoms. The van der Waals surface area contributed by atoms with Gasteiger partial charge in [0.05, 0.1) is 20.8 Å². The molecule has 0 aliphatic heterocycles. The van der Waals surface area contributed by atoms with Crippen molar-refractivity contribution in [1.29, 1.82) is 0 Å². The molecule has 2 rings (SSSR count). The molecule has 6 nitrogen and oxygen atoms in total. The van der Waals surface area contributed by atoms with E-state index in [2.05, 4.69) is 46.8 Å². The maximum atomic E-state index is 5.64. The van der Waals surface area contributed by atoms with Crippen LogP contribution in [-0.4, -0.2) is 33.8 Å². The van der Waals surface area contributed by atoms with Gasteiger partial charge < -0.3 is 24.8 Å². The Morgan fingerprint density at radius 3 is 1.96 bits per heavy atom. The molecule has 27 heavy (non-hydrogen) atoms. The number of benzene rings is 2. The number of methoxy groups -OCH3 is 2. The van der Waals surface area contributed by atoms with Gasteiger partial charge in [0.15, 0.2) is 17.5 Å². The molecule has 0 atom stereocenters. The maximum absolute atomic E-state index is 5.64. The Kier molecular flexibility index (Phi) is 7.79. The van der Waals surface area contributed by atoms with Crippen LogP contribution in [0.15, 0.2) is 41.4 Å². The van der Waals surface area contributed by atoms with Crippen LogP contribution in [0.2, 0.25) is 0 Å². The van der Waals surface area contributed by atoms with Gasteiger partial charge in [-0.05, 0) is 37.1 Å². The van der Waals surface area contributed by atoms with Crippen molar-refractivity contribution in [2.24, 2.45) is 4.99 Å². The number of hydrogen-bond donors (Lipinski definition) is 2. The molecule has 0 unspecified atom stereocenters. The van der Waals surface area contributed by atoms with Crippen LogP contribution < -0.4 is 24.8 Å². The second-order valence-corrected chi connectivity index (χ2v) is 6.03. The molecule has 2 aromatic rings. The van der Waals surface area contributed by atoms with Crippen molar-refractivity contribution in [3.63, 3.8) is 0 Å². The predicted molar refractivity (Wildman–Crippen MR) is 109 cm³/mol. The number of rotatable bonds is 8. The highest BCUT2D eigenvalue weighted by atomic mass is 16.5. The molecule has 0 saturated heterocycles. The number of guanidine groups is 1. The molecule has 0 radical (unpaired) electrons. The third kappa shape index (κ3) is 5.81. The smallest absolute Gasteiger partial charge is 0.203 e. The summed E-state index contributed by atoms with van der Waals surface area (Å²) in [5.41, 5.74) is 3.46. The first-order chi connectivity index (χ1) is 13.1. The molecule has 2 N–H and O–H groups in total. The van der Waals surface area contributed by atoms with Gasteiger partial charge in [-0.2, -0.15) is 0 Å². The second-order valence-electron chi connectivity index (χ2n) is 6.03. The molecule has 0 heterocycles. The minimum absolute atomic E-state index is 0.542. The zero-order valence-electron chi connectivity index (χ0n) is 16.8. The monoisotopic (exact) mass is 371 g/mol. The van der Waals surface area contributed by atoms with Crippen LogP contribution in [0.3, 0.4) is 0 Å². The molecule has 0 aromatic heterocycles. The van der Waals surface area contributed by atoms with Gasteiger partial charge in [0.2, 0.25) is 5.75 Å². The summed E-state index contributed by atoms with van der Waals surface area (Å²) in [6.07, 6.45) is 0. The lowest BCUT2D eigenvalue weighted by Gasteiger charge is -2.16. The van der Waals surface area contributed by atoms with Crippen LogP contribution in [0.5, 0.6) is 17.2 Å². The molecule has 0 saturated carbocycles. The van der Waals surface area contributed by atoms with Crippen LogP contribution in [0, 0.1) is 6.92 Å². The highest BCUT2D eigenvalue weighted by Crippen LogP contribution is 2.38. The van der Waals surface area contributed by atoms with E-state index < -0.39 is 0 Å². The molecule has 146 valence electrons. The number of aliphatic imine (C=N–C) groups is 1. The molecule has 0 fully saturated rings. The lowest BCUT2D eigenvalue weighted by atomic mass is 10.1. The highest BCUT2D eigenvalue weighted by Gasteiger charge is 2.14. The van der Waals surface area contributed by atoms with Gasteiger partial charge in [0, 0.05) is 20.1 Å². The molecule has 2 aromatic carbocycles. The molecule has 0 aliphatic carbocycles. The summed E-state index contributed by atoms with van der Waals surface area (Å²) in [6.45, 7) is 5.83. The molecule has 0 spiro atoms. The van der Waals surface area contributed by atoms with Gasteiger partial charge in [0.1, 0.15) is 0 Å². The van der Waals surface area contributed by atoms with Gasteiger partial charge in [-0.25, -0.2) is 0 Å². The van der Waals surface area contributed by atoms with Crippen LogP contribution in [-0.2, 0) is 13.1 Å². The summed E-state index contributed by atoms with van der Waals surface area (Å²) >= 11 is 0. The Labute approximate surface area is 161 Å². The van der Waals surface area contributed by atoms with Gasteiger partial charge >= 0.3 is 0 Å². The van der Waals surface area contributed by atoms with E-state index in [-0.39, 0.29) is 0 Å². The first-order valence-corrected chi connectivity index (χ1v) is 8.99. The van der Waals surface area contributed by atoms with Gasteiger partial charge in [0.25, 0.3) is 0 Å². The number of nitrogens with one attached hydrogen (secondary N) is 2. The summed E-state index contributed by atoms with van der Waals surface area (Å²) in [5.74, 6) is 2.64. The zero-order valence-corrected chi connectivity index (χ0v) is 16.8. The van der Waals surface area contributed by atoms with Crippen molar-refractivity contribution in [2.45, 2.75) is 26.9 Å². The Morgan fingerprint density at radius 1 is 0.926 bits per heavy atom. The molecule has 0 aliphatic rings. The minimum atomic E-state index is 0.542. The standard InChI is InChI=1S/C21H29N3O3/c1-6-27-20-18(25-4)11-17(12-19(20)26-5)14-24-21(22-3)23-13-16-9-7-15(2)8-10-16/h7-12H,6,13-14H2,1-5H3,(H2,22,23,24). The van der Waals surface area contributed by atoms with Gasteiger partial charge in [-0.1, -0.05) is 29.8 Å². The molecule has 0 amide bonds. The van der Waals surface area contributed by atoms with E-state index in [1.165, 1.54) is 11.1 Å². The van der Waals surface area contributed by atoms with Crippen molar-refractivity contribution >= 4 is 5.96 Å². The number of hydrogen-bond acceptors (Lipinski definition) is 4. The Morgan fingerprint density at radius 2 is 1.48 bits per heavy atom. The van der Waals surface area contributed by atoms with Crippen LogP contribution in [0.1, 0.15) is 23.6 Å². The van der Waals surface area contributed by atoms with E-state index in [9.17, 15) is 0 Å². The van der Waals surface area contributed by atoms with E-state index in [1.54, 1.807) is 21.3 Å². The van der Waals surface area contributed by atoms with Crippen molar-refractivity contribution in [1.82, 2.24) is 10.6 Å². The van der Waals surface area contributed by atoms with E-state index >= 15 is 0 Å². The Balaban J connectivity index is 2.01. The summed E-state index contributed by atoms with van der Waals surface area (Å²) < 4.78 is 16.5. The third-order valence-electron chi connectivity index (χ3n) is 4.07. The van der Waals surface area contributed by atoms with Crippen LogP contribution >= 0.6 is 0 Å². The fourth-order valence-electron chi connectivity index (χ4n) is 2.62. The summed E-state index contributed by atoms with van der Waals surface area (Å²) in [6, 6.07) is 12.3. The van der Waals surface area contributed by atoms with E-state index in [0.717, 1.165) is 11.5 Å². The van der Waals surface area contributed by atoms with Gasteiger partial charge in [-0.3, -0.25) is 4.99 Å². The third-order valence-corrected chi connectivity index (χ3v) is 4.07. The minimum Gasteiger partial charge on any atom is -0.493 e. The van der Waals surface area contributed by atoms with Crippen molar-refractivity contribution in [3.8, 4) is 17.2 Å².